The van der Waals surface area contributed by atoms with Crippen molar-refractivity contribution in [3.8, 4) is 10.4 Å². The van der Waals surface area contributed by atoms with Crippen LogP contribution >= 0.6 is 11.3 Å². The van der Waals surface area contributed by atoms with Gasteiger partial charge in [-0.3, -0.25) is 0 Å². The minimum atomic E-state index is -0.531. The lowest BCUT2D eigenvalue weighted by molar-refractivity contribution is 0.584. The Balaban J connectivity index is 2.49. The van der Waals surface area contributed by atoms with Crippen LogP contribution in [-0.2, 0) is 0 Å². The van der Waals surface area contributed by atoms with Gasteiger partial charge in [-0.15, -0.1) is 11.3 Å². The summed E-state index contributed by atoms with van der Waals surface area (Å²) in [5, 5.41) is 0. The van der Waals surface area contributed by atoms with Gasteiger partial charge in [0.05, 0.1) is 5.56 Å². The molecule has 1 nitrogen and oxygen atoms in total. The molecule has 2 N–H and O–H groups in total. The van der Waals surface area contributed by atoms with Crippen LogP contribution in [0.15, 0.2) is 24.3 Å². The van der Waals surface area contributed by atoms with E-state index in [2.05, 4.69) is 0 Å². The zero-order valence-electron chi connectivity index (χ0n) is 10.3. The molecule has 1 aromatic carbocycles. The average molecular weight is 267 g/mol. The molecule has 4 heteroatoms. The maximum atomic E-state index is 14.0. The number of aryl methyl sites for hydroxylation is 1. The molecular weight excluding hydrogens is 252 g/mol. The number of nitrogens with two attached hydrogens (primary N) is 1. The molecule has 0 fully saturated rings. The number of hydrogen-bond donors (Lipinski definition) is 1. The van der Waals surface area contributed by atoms with Gasteiger partial charge in [0.1, 0.15) is 11.6 Å². The third-order valence-corrected chi connectivity index (χ3v) is 4.20. The molecule has 1 aromatic heterocycles. The summed E-state index contributed by atoms with van der Waals surface area (Å²) >= 11 is 1.35. The highest BCUT2D eigenvalue weighted by atomic mass is 32.1. The number of rotatable bonds is 3. The number of hydrogen-bond acceptors (Lipinski definition) is 2. The molecule has 1 heterocycles. The Kier molecular flexibility index (Phi) is 3.78. The van der Waals surface area contributed by atoms with Crippen molar-refractivity contribution in [1.29, 1.82) is 0 Å². The fourth-order valence-electron chi connectivity index (χ4n) is 1.77. The molecule has 0 aliphatic rings. The predicted molar refractivity (Wildman–Crippen MR) is 71.6 cm³/mol. The number of benzene rings is 1. The maximum Gasteiger partial charge on any atom is 0.137 e. The largest absolute Gasteiger partial charge is 0.323 e. The lowest BCUT2D eigenvalue weighted by Gasteiger charge is -2.06. The molecule has 0 saturated carbocycles. The third kappa shape index (κ3) is 2.31. The van der Waals surface area contributed by atoms with Crippen LogP contribution in [0.4, 0.5) is 8.78 Å². The van der Waals surface area contributed by atoms with Gasteiger partial charge in [0.25, 0.3) is 0 Å². The van der Waals surface area contributed by atoms with E-state index >= 15 is 0 Å². The van der Waals surface area contributed by atoms with Crippen molar-refractivity contribution in [2.45, 2.75) is 26.3 Å². The molecule has 0 aliphatic carbocycles. The average Bonchev–Trinajstić information content (AvgIpc) is 2.83. The van der Waals surface area contributed by atoms with Crippen LogP contribution in [-0.4, -0.2) is 0 Å². The first-order chi connectivity index (χ1) is 8.54. The molecule has 1 atom stereocenters. The van der Waals surface area contributed by atoms with Crippen molar-refractivity contribution in [2.24, 2.45) is 5.73 Å². The predicted octanol–water partition coefficient (Wildman–Crippen LogP) is 4.41. The molecule has 0 amide bonds. The van der Waals surface area contributed by atoms with E-state index in [1.54, 1.807) is 13.0 Å². The fourth-order valence-corrected chi connectivity index (χ4v) is 2.90. The Morgan fingerprint density at radius 1 is 1.22 bits per heavy atom. The Labute approximate surface area is 109 Å². The van der Waals surface area contributed by atoms with E-state index in [0.717, 1.165) is 11.3 Å². The van der Waals surface area contributed by atoms with Crippen molar-refractivity contribution in [3.63, 3.8) is 0 Å². The fraction of sp³-hybridized carbons (Fsp3) is 0.286. The Morgan fingerprint density at radius 2 is 1.94 bits per heavy atom. The zero-order valence-corrected chi connectivity index (χ0v) is 11.2. The molecule has 0 bridgehead atoms. The van der Waals surface area contributed by atoms with Crippen LogP contribution in [0.2, 0.25) is 0 Å². The van der Waals surface area contributed by atoms with Crippen LogP contribution in [0.25, 0.3) is 10.4 Å². The second kappa shape index (κ2) is 5.16. The van der Waals surface area contributed by atoms with Crippen LogP contribution in [0, 0.1) is 18.6 Å². The summed E-state index contributed by atoms with van der Waals surface area (Å²) in [6, 6.07) is 6.25. The van der Waals surface area contributed by atoms with Gasteiger partial charge >= 0.3 is 0 Å². The maximum absolute atomic E-state index is 14.0. The Bertz CT molecular complexity index is 563. The summed E-state index contributed by atoms with van der Waals surface area (Å²) in [5.74, 6) is -1.02. The first kappa shape index (κ1) is 13.2. The molecule has 0 aliphatic heterocycles. The molecule has 2 rings (SSSR count). The third-order valence-electron chi connectivity index (χ3n) is 2.96. The van der Waals surface area contributed by atoms with Crippen molar-refractivity contribution < 1.29 is 8.78 Å². The van der Waals surface area contributed by atoms with Gasteiger partial charge in [-0.25, -0.2) is 8.78 Å². The van der Waals surface area contributed by atoms with Gasteiger partial charge < -0.3 is 5.73 Å². The Hall–Kier alpha value is -1.26. The summed E-state index contributed by atoms with van der Waals surface area (Å²) in [4.78, 5) is 1.54. The Morgan fingerprint density at radius 3 is 2.61 bits per heavy atom. The first-order valence-corrected chi connectivity index (χ1v) is 6.66. The lowest BCUT2D eigenvalue weighted by atomic mass is 10.1. The van der Waals surface area contributed by atoms with Gasteiger partial charge in [0.15, 0.2) is 0 Å². The SMILES string of the molecule is CCC(N)c1ccc(-c2c(F)ccc(C)c2F)s1. The van der Waals surface area contributed by atoms with Crippen molar-refractivity contribution in [2.75, 3.05) is 0 Å². The van der Waals surface area contributed by atoms with E-state index in [9.17, 15) is 8.78 Å². The molecular formula is C14H15F2NS. The van der Waals surface area contributed by atoms with Gasteiger partial charge in [-0.2, -0.15) is 0 Å². The van der Waals surface area contributed by atoms with E-state index in [1.807, 2.05) is 13.0 Å². The highest BCUT2D eigenvalue weighted by Crippen LogP contribution is 2.35. The van der Waals surface area contributed by atoms with Gasteiger partial charge in [-0.1, -0.05) is 13.0 Å². The highest BCUT2D eigenvalue weighted by molar-refractivity contribution is 7.15. The first-order valence-electron chi connectivity index (χ1n) is 5.84. The van der Waals surface area contributed by atoms with Gasteiger partial charge in [-0.05, 0) is 37.1 Å². The highest BCUT2D eigenvalue weighted by Gasteiger charge is 2.16. The van der Waals surface area contributed by atoms with Gasteiger partial charge in [0, 0.05) is 15.8 Å². The topological polar surface area (TPSA) is 26.0 Å². The summed E-state index contributed by atoms with van der Waals surface area (Å²) < 4.78 is 27.7. The molecule has 0 spiro atoms. The number of thiophene rings is 1. The summed E-state index contributed by atoms with van der Waals surface area (Å²) in [6.07, 6.45) is 0.804. The molecule has 96 valence electrons. The van der Waals surface area contributed by atoms with Crippen molar-refractivity contribution in [3.05, 3.63) is 46.3 Å². The molecule has 1 unspecified atom stereocenters. The summed E-state index contributed by atoms with van der Waals surface area (Å²) in [6.45, 7) is 3.61. The minimum Gasteiger partial charge on any atom is -0.323 e. The van der Waals surface area contributed by atoms with Crippen LogP contribution in [0.3, 0.4) is 0 Å². The second-order valence-corrected chi connectivity index (χ2v) is 5.39. The van der Waals surface area contributed by atoms with Crippen molar-refractivity contribution in [1.82, 2.24) is 0 Å². The minimum absolute atomic E-state index is 0.0505. The van der Waals surface area contributed by atoms with Gasteiger partial charge in [0.2, 0.25) is 0 Å². The normalized spacial score (nSPS) is 12.7. The smallest absolute Gasteiger partial charge is 0.137 e. The molecule has 0 radical (unpaired) electrons. The van der Waals surface area contributed by atoms with Crippen molar-refractivity contribution >= 4 is 11.3 Å². The molecule has 18 heavy (non-hydrogen) atoms. The monoisotopic (exact) mass is 267 g/mol. The van der Waals surface area contributed by atoms with Crippen LogP contribution in [0.1, 0.15) is 29.8 Å². The van der Waals surface area contributed by atoms with E-state index < -0.39 is 11.6 Å². The van der Waals surface area contributed by atoms with Crippen LogP contribution < -0.4 is 5.73 Å². The van der Waals surface area contributed by atoms with E-state index in [1.165, 1.54) is 23.5 Å². The zero-order chi connectivity index (χ0) is 13.3. The second-order valence-electron chi connectivity index (χ2n) is 4.27. The lowest BCUT2D eigenvalue weighted by Crippen LogP contribution is -2.05. The van der Waals surface area contributed by atoms with E-state index in [0.29, 0.717) is 10.4 Å². The summed E-state index contributed by atoms with van der Waals surface area (Å²) in [7, 11) is 0. The molecule has 0 saturated heterocycles. The van der Waals surface area contributed by atoms with E-state index in [-0.39, 0.29) is 11.6 Å². The van der Waals surface area contributed by atoms with Crippen LogP contribution in [0.5, 0.6) is 0 Å². The summed E-state index contributed by atoms with van der Waals surface area (Å²) in [5.41, 5.74) is 6.41. The quantitative estimate of drug-likeness (QED) is 0.875. The number of halogens is 2. The standard InChI is InChI=1S/C14H15F2NS/c1-3-10(17)11-6-7-12(18-11)13-9(15)5-4-8(2)14(13)16/h4-7,10H,3,17H2,1-2H3. The molecule has 2 aromatic rings. The van der Waals surface area contributed by atoms with E-state index in [4.69, 9.17) is 5.73 Å².